The Balaban J connectivity index is 1.57. The molecule has 0 bridgehead atoms. The molecule has 43 heavy (non-hydrogen) atoms. The van der Waals surface area contributed by atoms with Gasteiger partial charge in [0.15, 0.2) is 0 Å². The van der Waals surface area contributed by atoms with Crippen molar-refractivity contribution in [2.75, 3.05) is 61.6 Å². The SMILES string of the molecule is Cc1cc(-c2cc(NC(=O)c3c[nH]c(=O)cc3C(F)(F)F)c(N3C[C@@H](C)N(C)[C@@H](C)C3)cc2F)ccc1N1CCOCC1. The highest BCUT2D eigenvalue weighted by Crippen LogP contribution is 2.38. The Morgan fingerprint density at radius 3 is 2.30 bits per heavy atom. The van der Waals surface area contributed by atoms with Crippen LogP contribution in [0.15, 0.2) is 47.4 Å². The number of amides is 1. The number of rotatable bonds is 5. The van der Waals surface area contributed by atoms with Crippen molar-refractivity contribution in [1.82, 2.24) is 9.88 Å². The van der Waals surface area contributed by atoms with Crippen LogP contribution in [0.1, 0.15) is 35.3 Å². The van der Waals surface area contributed by atoms with Gasteiger partial charge in [0.1, 0.15) is 5.82 Å². The lowest BCUT2D eigenvalue weighted by Gasteiger charge is -2.44. The first kappa shape index (κ1) is 30.6. The molecule has 2 aliphatic rings. The maximum Gasteiger partial charge on any atom is 0.417 e. The number of anilines is 3. The number of hydrogen-bond donors (Lipinski definition) is 2. The third-order valence-electron chi connectivity index (χ3n) is 8.37. The molecule has 12 heteroatoms. The molecule has 0 spiro atoms. The van der Waals surface area contributed by atoms with Crippen molar-refractivity contribution in [2.24, 2.45) is 0 Å². The molecule has 0 radical (unpaired) electrons. The number of pyridine rings is 1. The van der Waals surface area contributed by atoms with Gasteiger partial charge in [-0.2, -0.15) is 13.2 Å². The molecule has 0 unspecified atom stereocenters. The molecule has 230 valence electrons. The highest BCUT2D eigenvalue weighted by molar-refractivity contribution is 6.07. The summed E-state index contributed by atoms with van der Waals surface area (Å²) in [4.78, 5) is 33.5. The molecule has 1 aromatic heterocycles. The van der Waals surface area contributed by atoms with E-state index in [4.69, 9.17) is 4.74 Å². The van der Waals surface area contributed by atoms with E-state index >= 15 is 4.39 Å². The number of nitrogens with zero attached hydrogens (tertiary/aromatic N) is 3. The van der Waals surface area contributed by atoms with Crippen LogP contribution in [0, 0.1) is 12.7 Å². The first-order valence-electron chi connectivity index (χ1n) is 14.2. The number of H-pyrrole nitrogens is 1. The lowest BCUT2D eigenvalue weighted by Crippen LogP contribution is -2.55. The number of benzene rings is 2. The summed E-state index contributed by atoms with van der Waals surface area (Å²) in [6.07, 6.45) is -4.18. The smallest absolute Gasteiger partial charge is 0.378 e. The van der Waals surface area contributed by atoms with Crippen LogP contribution in [0.25, 0.3) is 11.1 Å². The summed E-state index contributed by atoms with van der Waals surface area (Å²) in [6, 6.07) is 8.93. The van der Waals surface area contributed by atoms with Crippen molar-refractivity contribution in [3.63, 3.8) is 0 Å². The quantitative estimate of drug-likeness (QED) is 0.395. The molecule has 3 aromatic rings. The van der Waals surface area contributed by atoms with Crippen LogP contribution in [0.4, 0.5) is 34.6 Å². The van der Waals surface area contributed by atoms with E-state index in [1.807, 2.05) is 44.9 Å². The van der Waals surface area contributed by atoms with Gasteiger partial charge in [-0.3, -0.25) is 14.5 Å². The van der Waals surface area contributed by atoms with Crippen LogP contribution in [0.3, 0.4) is 0 Å². The van der Waals surface area contributed by atoms with Gasteiger partial charge in [-0.25, -0.2) is 4.39 Å². The third-order valence-corrected chi connectivity index (χ3v) is 8.37. The third kappa shape index (κ3) is 6.40. The molecule has 1 amide bonds. The van der Waals surface area contributed by atoms with Crippen molar-refractivity contribution in [1.29, 1.82) is 0 Å². The van der Waals surface area contributed by atoms with E-state index in [2.05, 4.69) is 20.1 Å². The van der Waals surface area contributed by atoms with Crippen molar-refractivity contribution in [2.45, 2.75) is 39.0 Å². The number of hydrogen-bond acceptors (Lipinski definition) is 6. The van der Waals surface area contributed by atoms with Gasteiger partial charge in [-0.05, 0) is 63.2 Å². The fourth-order valence-electron chi connectivity index (χ4n) is 5.81. The molecule has 2 N–H and O–H groups in total. The van der Waals surface area contributed by atoms with Gasteiger partial charge in [0.2, 0.25) is 5.56 Å². The number of likely N-dealkylation sites (N-methyl/N-ethyl adjacent to an activating group) is 1. The van der Waals surface area contributed by atoms with Crippen LogP contribution in [-0.2, 0) is 10.9 Å². The van der Waals surface area contributed by atoms with Gasteiger partial charge >= 0.3 is 6.18 Å². The minimum absolute atomic E-state index is 0.0986. The molecule has 0 saturated carbocycles. The van der Waals surface area contributed by atoms with Crippen LogP contribution >= 0.6 is 0 Å². The number of nitrogens with one attached hydrogen (secondary N) is 2. The Bertz CT molecular complexity index is 1560. The van der Waals surface area contributed by atoms with Crippen LogP contribution in [-0.4, -0.2) is 74.3 Å². The number of piperazine rings is 1. The molecule has 2 saturated heterocycles. The Morgan fingerprint density at radius 1 is 1.00 bits per heavy atom. The zero-order valence-electron chi connectivity index (χ0n) is 24.5. The predicted molar refractivity (Wildman–Crippen MR) is 159 cm³/mol. The molecule has 8 nitrogen and oxygen atoms in total. The van der Waals surface area contributed by atoms with Crippen LogP contribution in [0.2, 0.25) is 0 Å². The molecule has 0 aliphatic carbocycles. The molecule has 2 atom stereocenters. The fourth-order valence-corrected chi connectivity index (χ4v) is 5.81. The van der Waals surface area contributed by atoms with E-state index in [9.17, 15) is 22.8 Å². The first-order chi connectivity index (χ1) is 20.3. The summed E-state index contributed by atoms with van der Waals surface area (Å²) in [6.45, 7) is 9.75. The van der Waals surface area contributed by atoms with E-state index < -0.39 is 34.6 Å². The predicted octanol–water partition coefficient (Wildman–Crippen LogP) is 5.13. The molecule has 2 fully saturated rings. The fraction of sp³-hybridized carbons (Fsp3) is 0.419. The highest BCUT2D eigenvalue weighted by Gasteiger charge is 2.36. The number of morpholine rings is 1. The Labute approximate surface area is 247 Å². The monoisotopic (exact) mass is 601 g/mol. The second-order valence-electron chi connectivity index (χ2n) is 11.3. The molecule has 2 aliphatic heterocycles. The maximum atomic E-state index is 15.9. The number of aromatic nitrogens is 1. The van der Waals surface area contributed by atoms with Crippen molar-refractivity contribution in [3.05, 3.63) is 75.5 Å². The van der Waals surface area contributed by atoms with Crippen molar-refractivity contribution < 1.29 is 27.1 Å². The van der Waals surface area contributed by atoms with Crippen LogP contribution < -0.4 is 20.7 Å². The minimum Gasteiger partial charge on any atom is -0.378 e. The molecular formula is C31H35F4N5O3. The average molecular weight is 602 g/mol. The minimum atomic E-state index is -4.93. The Hall–Kier alpha value is -3.90. The summed E-state index contributed by atoms with van der Waals surface area (Å²) in [5.41, 5.74) is 0.153. The second-order valence-corrected chi connectivity index (χ2v) is 11.3. The molecule has 5 rings (SSSR count). The topological polar surface area (TPSA) is 80.9 Å². The standard InChI is InChI=1S/C31H35F4N5O3/c1-18-11-21(5-6-27(18)39-7-9-43-10-8-39)22-12-26(28(14-25(22)32)40-16-19(2)38(4)20(3)17-40)37-30(42)23-15-36-29(41)13-24(23)31(33,34)35/h5-6,11-15,19-20H,7-10,16-17H2,1-4H3,(H,36,41)(H,37,42)/t19-,20+. The summed E-state index contributed by atoms with van der Waals surface area (Å²) in [5.74, 6) is -1.60. The van der Waals surface area contributed by atoms with Gasteiger partial charge in [0, 0.05) is 61.8 Å². The normalized spacial score (nSPS) is 19.9. The van der Waals surface area contributed by atoms with E-state index in [1.54, 1.807) is 6.07 Å². The van der Waals surface area contributed by atoms with E-state index in [-0.39, 0.29) is 23.3 Å². The van der Waals surface area contributed by atoms with Gasteiger partial charge in [0.05, 0.1) is 35.7 Å². The van der Waals surface area contributed by atoms with Crippen LogP contribution in [0.5, 0.6) is 0 Å². The highest BCUT2D eigenvalue weighted by atomic mass is 19.4. The second kappa shape index (κ2) is 12.0. The summed E-state index contributed by atoms with van der Waals surface area (Å²) in [7, 11) is 2.00. The van der Waals surface area contributed by atoms with Crippen molar-refractivity contribution >= 4 is 23.0 Å². The number of alkyl halides is 3. The van der Waals surface area contributed by atoms with Gasteiger partial charge < -0.3 is 24.8 Å². The van der Waals surface area contributed by atoms with E-state index in [0.29, 0.717) is 43.6 Å². The Morgan fingerprint density at radius 2 is 1.67 bits per heavy atom. The summed E-state index contributed by atoms with van der Waals surface area (Å²) >= 11 is 0. The number of halogens is 4. The van der Waals surface area contributed by atoms with Gasteiger partial charge in [0.25, 0.3) is 5.91 Å². The molecule has 2 aromatic carbocycles. The zero-order valence-corrected chi connectivity index (χ0v) is 24.5. The average Bonchev–Trinajstić information content (AvgIpc) is 2.96. The number of ether oxygens (including phenoxy) is 1. The maximum absolute atomic E-state index is 15.9. The number of aromatic amines is 1. The largest absolute Gasteiger partial charge is 0.417 e. The first-order valence-corrected chi connectivity index (χ1v) is 14.2. The summed E-state index contributed by atoms with van der Waals surface area (Å²) in [5, 5.41) is 2.61. The zero-order chi connectivity index (χ0) is 31.1. The van der Waals surface area contributed by atoms with E-state index in [1.165, 1.54) is 12.1 Å². The van der Waals surface area contributed by atoms with E-state index in [0.717, 1.165) is 30.5 Å². The Kier molecular flexibility index (Phi) is 8.53. The van der Waals surface area contributed by atoms with Gasteiger partial charge in [-0.1, -0.05) is 6.07 Å². The van der Waals surface area contributed by atoms with Gasteiger partial charge in [-0.15, -0.1) is 0 Å². The molecule has 3 heterocycles. The van der Waals surface area contributed by atoms with Crippen molar-refractivity contribution in [3.8, 4) is 11.1 Å². The number of carbonyl (C=O) groups is 1. The summed E-state index contributed by atoms with van der Waals surface area (Å²) < 4.78 is 62.6. The molecular weight excluding hydrogens is 566 g/mol. The lowest BCUT2D eigenvalue weighted by atomic mass is 9.99. The number of carbonyl (C=O) groups excluding carboxylic acids is 1. The lowest BCUT2D eigenvalue weighted by molar-refractivity contribution is -0.138. The number of aryl methyl sites for hydroxylation is 1.